The average Bonchev–Trinajstić information content (AvgIpc) is 2.14. The van der Waals surface area contributed by atoms with Crippen LogP contribution in [0.3, 0.4) is 0 Å². The maximum atomic E-state index is 5.40. The number of anilines is 1. The number of ether oxygens (including phenoxy) is 1. The van der Waals surface area contributed by atoms with Gasteiger partial charge in [0.25, 0.3) is 0 Å². The van der Waals surface area contributed by atoms with Crippen molar-refractivity contribution >= 4 is 5.95 Å². The van der Waals surface area contributed by atoms with E-state index in [0.717, 1.165) is 12.1 Å². The molecule has 96 valence electrons. The predicted octanol–water partition coefficient (Wildman–Crippen LogP) is 3.03. The van der Waals surface area contributed by atoms with Gasteiger partial charge in [-0.25, -0.2) is 4.98 Å². The molecule has 1 rings (SSSR count). The van der Waals surface area contributed by atoms with Crippen LogP contribution in [0.2, 0.25) is 0 Å². The molecule has 0 saturated carbocycles. The Bertz CT molecular complexity index is 353. The van der Waals surface area contributed by atoms with Gasteiger partial charge in [0.15, 0.2) is 0 Å². The van der Waals surface area contributed by atoms with Crippen LogP contribution < -0.4 is 10.1 Å². The van der Waals surface area contributed by atoms with Gasteiger partial charge < -0.3 is 10.1 Å². The second-order valence-electron chi connectivity index (χ2n) is 4.78. The largest absolute Gasteiger partial charge is 0.478 e. The number of rotatable bonds is 6. The van der Waals surface area contributed by atoms with Gasteiger partial charge >= 0.3 is 0 Å². The molecule has 0 fully saturated rings. The summed E-state index contributed by atoms with van der Waals surface area (Å²) in [6, 6.07) is 2.22. The minimum Gasteiger partial charge on any atom is -0.478 e. The molecular weight excluding hydrogens is 214 g/mol. The summed E-state index contributed by atoms with van der Waals surface area (Å²) in [7, 11) is 0. The van der Waals surface area contributed by atoms with Gasteiger partial charge in [-0.3, -0.25) is 0 Å². The zero-order valence-electron chi connectivity index (χ0n) is 11.4. The van der Waals surface area contributed by atoms with Crippen LogP contribution in [-0.2, 0) is 0 Å². The van der Waals surface area contributed by atoms with Crippen molar-refractivity contribution in [2.75, 3.05) is 11.9 Å². The highest BCUT2D eigenvalue weighted by atomic mass is 16.5. The lowest BCUT2D eigenvalue weighted by molar-refractivity contribution is 0.326. The zero-order valence-corrected chi connectivity index (χ0v) is 11.4. The minimum atomic E-state index is 0.367. The van der Waals surface area contributed by atoms with Crippen molar-refractivity contribution in [2.45, 2.75) is 47.1 Å². The Morgan fingerprint density at radius 1 is 1.29 bits per heavy atom. The van der Waals surface area contributed by atoms with E-state index in [4.69, 9.17) is 4.74 Å². The van der Waals surface area contributed by atoms with Crippen LogP contribution in [0.5, 0.6) is 5.88 Å². The van der Waals surface area contributed by atoms with Crippen LogP contribution in [-0.4, -0.2) is 22.6 Å². The molecule has 0 spiro atoms. The normalized spacial score (nSPS) is 12.6. The predicted molar refractivity (Wildman–Crippen MR) is 70.5 cm³/mol. The van der Waals surface area contributed by atoms with Gasteiger partial charge in [0, 0.05) is 17.8 Å². The molecule has 4 nitrogen and oxygen atoms in total. The average molecular weight is 237 g/mol. The van der Waals surface area contributed by atoms with Crippen molar-refractivity contribution in [3.05, 3.63) is 11.8 Å². The van der Waals surface area contributed by atoms with Gasteiger partial charge in [-0.05, 0) is 33.1 Å². The summed E-state index contributed by atoms with van der Waals surface area (Å²) in [6.45, 7) is 11.1. The first-order valence-corrected chi connectivity index (χ1v) is 6.26. The quantitative estimate of drug-likeness (QED) is 0.826. The maximum Gasteiger partial charge on any atom is 0.226 e. The summed E-state index contributed by atoms with van der Waals surface area (Å²) in [5, 5.41) is 3.31. The van der Waals surface area contributed by atoms with Crippen molar-refractivity contribution in [3.63, 3.8) is 0 Å². The van der Waals surface area contributed by atoms with Gasteiger partial charge in [0.2, 0.25) is 11.8 Å². The molecule has 1 atom stereocenters. The Kier molecular flexibility index (Phi) is 5.19. The van der Waals surface area contributed by atoms with E-state index in [1.54, 1.807) is 0 Å². The van der Waals surface area contributed by atoms with E-state index >= 15 is 0 Å². The molecule has 1 N–H and O–H groups in total. The number of aromatic nitrogens is 2. The van der Waals surface area contributed by atoms with Gasteiger partial charge in [-0.2, -0.15) is 4.98 Å². The lowest BCUT2D eigenvalue weighted by atomic mass is 10.1. The van der Waals surface area contributed by atoms with E-state index in [1.165, 1.54) is 0 Å². The third-order valence-corrected chi connectivity index (χ3v) is 2.32. The smallest absolute Gasteiger partial charge is 0.226 e. The molecule has 4 heteroatoms. The number of hydrogen-bond acceptors (Lipinski definition) is 4. The van der Waals surface area contributed by atoms with Crippen molar-refractivity contribution < 1.29 is 4.74 Å². The molecule has 1 heterocycles. The molecule has 0 aliphatic heterocycles. The van der Waals surface area contributed by atoms with Gasteiger partial charge in [-0.15, -0.1) is 0 Å². The van der Waals surface area contributed by atoms with Gasteiger partial charge in [0.1, 0.15) is 0 Å². The standard InChI is InChI=1S/C13H23N3O/c1-6-17-12-8-11(5)15-13(16-12)14-10(4)7-9(2)3/h8-10H,6-7H2,1-5H3,(H,14,15,16). The second-order valence-corrected chi connectivity index (χ2v) is 4.78. The van der Waals surface area contributed by atoms with E-state index < -0.39 is 0 Å². The summed E-state index contributed by atoms with van der Waals surface area (Å²) < 4.78 is 5.40. The molecule has 0 aliphatic carbocycles. The SMILES string of the molecule is CCOc1cc(C)nc(NC(C)CC(C)C)n1. The monoisotopic (exact) mass is 237 g/mol. The summed E-state index contributed by atoms with van der Waals surface area (Å²) in [6.07, 6.45) is 1.10. The van der Waals surface area contributed by atoms with Crippen LogP contribution in [0.25, 0.3) is 0 Å². The van der Waals surface area contributed by atoms with Crippen molar-refractivity contribution in [3.8, 4) is 5.88 Å². The molecule has 0 saturated heterocycles. The highest BCUT2D eigenvalue weighted by Gasteiger charge is 2.08. The van der Waals surface area contributed by atoms with E-state index in [-0.39, 0.29) is 0 Å². The van der Waals surface area contributed by atoms with E-state index in [9.17, 15) is 0 Å². The topological polar surface area (TPSA) is 47.0 Å². The molecule has 1 aromatic heterocycles. The highest BCUT2D eigenvalue weighted by molar-refractivity contribution is 5.31. The lowest BCUT2D eigenvalue weighted by Gasteiger charge is -2.16. The molecule has 0 amide bonds. The van der Waals surface area contributed by atoms with Crippen LogP contribution >= 0.6 is 0 Å². The molecule has 0 bridgehead atoms. The third kappa shape index (κ3) is 5.02. The molecular formula is C13H23N3O. The summed E-state index contributed by atoms with van der Waals surface area (Å²) in [5.41, 5.74) is 0.919. The number of hydrogen-bond donors (Lipinski definition) is 1. The fourth-order valence-corrected chi connectivity index (χ4v) is 1.81. The van der Waals surface area contributed by atoms with Crippen molar-refractivity contribution in [1.29, 1.82) is 0 Å². The number of aryl methyl sites for hydroxylation is 1. The third-order valence-electron chi connectivity index (χ3n) is 2.32. The van der Waals surface area contributed by atoms with Gasteiger partial charge in [0.05, 0.1) is 6.61 Å². The summed E-state index contributed by atoms with van der Waals surface area (Å²) in [5.74, 6) is 1.95. The van der Waals surface area contributed by atoms with Crippen molar-refractivity contribution in [2.24, 2.45) is 5.92 Å². The first-order chi connectivity index (χ1) is 8.01. The number of nitrogens with zero attached hydrogens (tertiary/aromatic N) is 2. The maximum absolute atomic E-state index is 5.40. The van der Waals surface area contributed by atoms with Gasteiger partial charge in [-0.1, -0.05) is 13.8 Å². The second kappa shape index (κ2) is 6.42. The molecule has 0 radical (unpaired) electrons. The molecule has 0 aliphatic rings. The Balaban J connectivity index is 2.69. The van der Waals surface area contributed by atoms with E-state index in [0.29, 0.717) is 30.4 Å². The summed E-state index contributed by atoms with van der Waals surface area (Å²) >= 11 is 0. The highest BCUT2D eigenvalue weighted by Crippen LogP contribution is 2.14. The fourth-order valence-electron chi connectivity index (χ4n) is 1.81. The van der Waals surface area contributed by atoms with Crippen LogP contribution in [0, 0.1) is 12.8 Å². The van der Waals surface area contributed by atoms with E-state index in [2.05, 4.69) is 36.1 Å². The Hall–Kier alpha value is -1.32. The van der Waals surface area contributed by atoms with Crippen LogP contribution in [0.1, 0.15) is 39.8 Å². The first kappa shape index (κ1) is 13.7. The first-order valence-electron chi connectivity index (χ1n) is 6.26. The van der Waals surface area contributed by atoms with Crippen molar-refractivity contribution in [1.82, 2.24) is 9.97 Å². The Morgan fingerprint density at radius 3 is 2.59 bits per heavy atom. The molecule has 17 heavy (non-hydrogen) atoms. The molecule has 1 unspecified atom stereocenters. The molecule has 0 aromatic carbocycles. The Labute approximate surface area is 104 Å². The zero-order chi connectivity index (χ0) is 12.8. The summed E-state index contributed by atoms with van der Waals surface area (Å²) in [4.78, 5) is 8.69. The van der Waals surface area contributed by atoms with Crippen LogP contribution in [0.4, 0.5) is 5.95 Å². The van der Waals surface area contributed by atoms with E-state index in [1.807, 2.05) is 19.9 Å². The lowest BCUT2D eigenvalue weighted by Crippen LogP contribution is -2.19. The fraction of sp³-hybridized carbons (Fsp3) is 0.692. The molecule has 1 aromatic rings. The van der Waals surface area contributed by atoms with Crippen LogP contribution in [0.15, 0.2) is 6.07 Å². The Morgan fingerprint density at radius 2 is 2.00 bits per heavy atom. The number of nitrogens with one attached hydrogen (secondary N) is 1. The minimum absolute atomic E-state index is 0.367.